The van der Waals surface area contributed by atoms with Crippen molar-refractivity contribution in [2.75, 3.05) is 19.8 Å². The second-order valence-corrected chi connectivity index (χ2v) is 3.63. The monoisotopic (exact) mass is 233 g/mol. The zero-order valence-corrected chi connectivity index (χ0v) is 10.5. The van der Waals surface area contributed by atoms with E-state index in [2.05, 4.69) is 18.7 Å². The van der Waals surface area contributed by atoms with Crippen LogP contribution in [0.25, 0.3) is 0 Å². The Morgan fingerprint density at radius 2 is 2.06 bits per heavy atom. The first-order chi connectivity index (χ1) is 8.27. The molecule has 0 aromatic heterocycles. The first kappa shape index (κ1) is 13.5. The number of nitrogens with zero attached hydrogens (tertiary/aromatic N) is 1. The van der Waals surface area contributed by atoms with E-state index >= 15 is 0 Å². The minimum Gasteiger partial charge on any atom is -0.391 e. The molecule has 1 aromatic carbocycles. The second kappa shape index (κ2) is 7.63. The number of aryl methyl sites for hydroxylation is 1. The largest absolute Gasteiger partial charge is 0.391 e. The van der Waals surface area contributed by atoms with Crippen molar-refractivity contribution in [2.45, 2.75) is 13.8 Å². The van der Waals surface area contributed by atoms with Crippen LogP contribution in [-0.2, 0) is 9.57 Å². The minimum atomic E-state index is 0.404. The Balaban J connectivity index is 2.77. The van der Waals surface area contributed by atoms with E-state index in [0.717, 1.165) is 11.3 Å². The number of hydrogen-bond donors (Lipinski definition) is 0. The van der Waals surface area contributed by atoms with E-state index < -0.39 is 0 Å². The van der Waals surface area contributed by atoms with Gasteiger partial charge in [-0.2, -0.15) is 0 Å². The molecule has 0 atom stereocenters. The maximum absolute atomic E-state index is 5.37. The van der Waals surface area contributed by atoms with Crippen LogP contribution < -0.4 is 0 Å². The summed E-state index contributed by atoms with van der Waals surface area (Å²) in [5.41, 5.74) is 3.04. The Kier molecular flexibility index (Phi) is 6.04. The SMILES string of the molecule is C=CCON=C(COCC)c1ccc(C)cc1. The van der Waals surface area contributed by atoms with Crippen molar-refractivity contribution in [1.82, 2.24) is 0 Å². The van der Waals surface area contributed by atoms with Crippen LogP contribution >= 0.6 is 0 Å². The quantitative estimate of drug-likeness (QED) is 0.314. The smallest absolute Gasteiger partial charge is 0.135 e. The Morgan fingerprint density at radius 3 is 2.65 bits per heavy atom. The maximum atomic E-state index is 5.37. The summed E-state index contributed by atoms with van der Waals surface area (Å²) in [5, 5.41) is 4.07. The van der Waals surface area contributed by atoms with E-state index in [9.17, 15) is 0 Å². The summed E-state index contributed by atoms with van der Waals surface area (Å²) < 4.78 is 5.37. The fraction of sp³-hybridized carbons (Fsp3) is 0.357. The summed E-state index contributed by atoms with van der Waals surface area (Å²) in [6.07, 6.45) is 1.66. The fourth-order valence-corrected chi connectivity index (χ4v) is 1.27. The lowest BCUT2D eigenvalue weighted by atomic mass is 10.1. The van der Waals surface area contributed by atoms with Crippen LogP contribution in [0.15, 0.2) is 42.1 Å². The van der Waals surface area contributed by atoms with Crippen molar-refractivity contribution in [3.05, 3.63) is 48.0 Å². The van der Waals surface area contributed by atoms with Crippen molar-refractivity contribution in [1.29, 1.82) is 0 Å². The van der Waals surface area contributed by atoms with Crippen LogP contribution in [0.5, 0.6) is 0 Å². The van der Waals surface area contributed by atoms with Crippen LogP contribution in [0.1, 0.15) is 18.1 Å². The number of ether oxygens (including phenoxy) is 1. The van der Waals surface area contributed by atoms with Gasteiger partial charge in [0.2, 0.25) is 0 Å². The molecule has 0 bridgehead atoms. The molecule has 0 spiro atoms. The first-order valence-corrected chi connectivity index (χ1v) is 5.72. The Hall–Kier alpha value is -1.61. The van der Waals surface area contributed by atoms with E-state index in [0.29, 0.717) is 19.8 Å². The van der Waals surface area contributed by atoms with Crippen LogP contribution in [0.3, 0.4) is 0 Å². The topological polar surface area (TPSA) is 30.8 Å². The van der Waals surface area contributed by atoms with Gasteiger partial charge in [0, 0.05) is 12.2 Å². The van der Waals surface area contributed by atoms with Gasteiger partial charge in [-0.15, -0.1) is 0 Å². The Morgan fingerprint density at radius 1 is 1.35 bits per heavy atom. The highest BCUT2D eigenvalue weighted by atomic mass is 16.6. The molecule has 1 rings (SSSR count). The second-order valence-electron chi connectivity index (χ2n) is 3.63. The van der Waals surface area contributed by atoms with Crippen molar-refractivity contribution < 1.29 is 9.57 Å². The maximum Gasteiger partial charge on any atom is 0.135 e. The summed E-state index contributed by atoms with van der Waals surface area (Å²) in [5.74, 6) is 0. The highest BCUT2D eigenvalue weighted by Gasteiger charge is 2.04. The molecule has 0 saturated carbocycles. The average Bonchev–Trinajstić information content (AvgIpc) is 2.35. The van der Waals surface area contributed by atoms with E-state index in [1.807, 2.05) is 31.2 Å². The highest BCUT2D eigenvalue weighted by molar-refractivity contribution is 6.01. The van der Waals surface area contributed by atoms with Gasteiger partial charge < -0.3 is 9.57 Å². The van der Waals surface area contributed by atoms with Gasteiger partial charge in [-0.3, -0.25) is 0 Å². The molecule has 0 radical (unpaired) electrons. The van der Waals surface area contributed by atoms with E-state index in [1.165, 1.54) is 5.56 Å². The average molecular weight is 233 g/mol. The lowest BCUT2D eigenvalue weighted by Crippen LogP contribution is -2.11. The molecule has 3 heteroatoms. The molecule has 0 N–H and O–H groups in total. The van der Waals surface area contributed by atoms with Crippen LogP contribution in [0.2, 0.25) is 0 Å². The van der Waals surface area contributed by atoms with Crippen LogP contribution in [-0.4, -0.2) is 25.5 Å². The van der Waals surface area contributed by atoms with Gasteiger partial charge in [0.1, 0.15) is 12.3 Å². The Labute approximate surface area is 103 Å². The molecule has 0 unspecified atom stereocenters. The normalized spacial score (nSPS) is 11.3. The molecular formula is C14H19NO2. The van der Waals surface area contributed by atoms with Crippen molar-refractivity contribution in [2.24, 2.45) is 5.16 Å². The summed E-state index contributed by atoms with van der Waals surface area (Å²) in [6.45, 7) is 9.11. The van der Waals surface area contributed by atoms with Crippen LogP contribution in [0.4, 0.5) is 0 Å². The lowest BCUT2D eigenvalue weighted by molar-refractivity contribution is 0.159. The molecule has 1 aromatic rings. The van der Waals surface area contributed by atoms with Gasteiger partial charge in [-0.25, -0.2) is 0 Å². The predicted molar refractivity (Wildman–Crippen MR) is 70.4 cm³/mol. The van der Waals surface area contributed by atoms with Gasteiger partial charge in [0.05, 0.1) is 6.61 Å². The number of rotatable bonds is 7. The molecule has 17 heavy (non-hydrogen) atoms. The molecule has 0 saturated heterocycles. The molecule has 0 aliphatic rings. The van der Waals surface area contributed by atoms with Gasteiger partial charge >= 0.3 is 0 Å². The third-order valence-corrected chi connectivity index (χ3v) is 2.19. The summed E-state index contributed by atoms with van der Waals surface area (Å²) in [6, 6.07) is 8.13. The van der Waals surface area contributed by atoms with Gasteiger partial charge in [0.15, 0.2) is 0 Å². The minimum absolute atomic E-state index is 0.404. The third kappa shape index (κ3) is 4.83. The molecule has 0 aliphatic carbocycles. The molecule has 92 valence electrons. The predicted octanol–water partition coefficient (Wildman–Crippen LogP) is 2.94. The van der Waals surface area contributed by atoms with Crippen LogP contribution in [0, 0.1) is 6.92 Å². The zero-order valence-electron chi connectivity index (χ0n) is 10.5. The molecule has 0 aliphatic heterocycles. The molecule has 0 fully saturated rings. The standard InChI is InChI=1S/C14H19NO2/c1-4-10-17-15-14(11-16-5-2)13-8-6-12(3)7-9-13/h4,6-9H,1,5,10-11H2,2-3H3. The van der Waals surface area contributed by atoms with Crippen molar-refractivity contribution in [3.8, 4) is 0 Å². The van der Waals surface area contributed by atoms with Gasteiger partial charge in [-0.1, -0.05) is 47.6 Å². The first-order valence-electron chi connectivity index (χ1n) is 5.72. The molecular weight excluding hydrogens is 214 g/mol. The highest BCUT2D eigenvalue weighted by Crippen LogP contribution is 2.06. The number of benzene rings is 1. The summed E-state index contributed by atoms with van der Waals surface area (Å²) in [7, 11) is 0. The summed E-state index contributed by atoms with van der Waals surface area (Å²) >= 11 is 0. The third-order valence-electron chi connectivity index (χ3n) is 2.19. The van der Waals surface area contributed by atoms with Crippen molar-refractivity contribution in [3.63, 3.8) is 0 Å². The van der Waals surface area contributed by atoms with Gasteiger partial charge in [0.25, 0.3) is 0 Å². The summed E-state index contributed by atoms with van der Waals surface area (Å²) in [4.78, 5) is 5.12. The Bertz CT molecular complexity index is 368. The van der Waals surface area contributed by atoms with E-state index in [1.54, 1.807) is 6.08 Å². The number of hydrogen-bond acceptors (Lipinski definition) is 3. The lowest BCUT2D eigenvalue weighted by Gasteiger charge is -2.07. The van der Waals surface area contributed by atoms with E-state index in [4.69, 9.17) is 9.57 Å². The van der Waals surface area contributed by atoms with Crippen molar-refractivity contribution >= 4 is 5.71 Å². The zero-order chi connectivity index (χ0) is 12.5. The van der Waals surface area contributed by atoms with E-state index in [-0.39, 0.29) is 0 Å². The number of oxime groups is 1. The molecule has 3 nitrogen and oxygen atoms in total. The fourth-order valence-electron chi connectivity index (χ4n) is 1.27. The molecule has 0 amide bonds. The molecule has 0 heterocycles. The van der Waals surface area contributed by atoms with Gasteiger partial charge in [-0.05, 0) is 13.8 Å².